The molecule has 0 aliphatic heterocycles. The van der Waals surface area contributed by atoms with Gasteiger partial charge in [0.1, 0.15) is 12.6 Å². The van der Waals surface area contributed by atoms with Gasteiger partial charge in [-0.3, -0.25) is 13.9 Å². The average molecular weight is 669 g/mol. The predicted octanol–water partition coefficient (Wildman–Crippen LogP) is 6.59. The Morgan fingerprint density at radius 1 is 1.00 bits per heavy atom. The molecule has 2 amide bonds. The Morgan fingerprint density at radius 3 is 2.25 bits per heavy atom. The van der Waals surface area contributed by atoms with E-state index in [0.29, 0.717) is 6.54 Å². The van der Waals surface area contributed by atoms with E-state index in [9.17, 15) is 18.0 Å². The number of rotatable bonds is 12. The molecule has 0 aliphatic carbocycles. The Hall–Kier alpha value is -2.59. The number of nitrogens with one attached hydrogen (secondary N) is 1. The number of halogens is 3. The van der Waals surface area contributed by atoms with Crippen LogP contribution in [0.1, 0.15) is 37.8 Å². The van der Waals surface area contributed by atoms with Crippen LogP contribution < -0.4 is 9.62 Å². The van der Waals surface area contributed by atoms with Crippen LogP contribution in [-0.4, -0.2) is 44.3 Å². The second-order valence-electron chi connectivity index (χ2n) is 9.42. The van der Waals surface area contributed by atoms with Gasteiger partial charge in [-0.2, -0.15) is 0 Å². The number of amides is 2. The van der Waals surface area contributed by atoms with Crippen molar-refractivity contribution in [2.24, 2.45) is 0 Å². The number of aryl methyl sites for hydroxylation is 1. The summed E-state index contributed by atoms with van der Waals surface area (Å²) < 4.78 is 29.6. The highest BCUT2D eigenvalue weighted by molar-refractivity contribution is 9.10. The third-order valence-electron chi connectivity index (χ3n) is 6.26. The maximum atomic E-state index is 14.0. The minimum Gasteiger partial charge on any atom is -0.354 e. The van der Waals surface area contributed by atoms with Crippen LogP contribution in [0.5, 0.6) is 0 Å². The van der Waals surface area contributed by atoms with E-state index in [4.69, 9.17) is 23.2 Å². The highest BCUT2D eigenvalue weighted by Crippen LogP contribution is 2.30. The van der Waals surface area contributed by atoms with E-state index in [-0.39, 0.29) is 33.1 Å². The van der Waals surface area contributed by atoms with E-state index in [1.807, 2.05) is 38.1 Å². The Balaban J connectivity index is 2.03. The number of benzene rings is 3. The molecule has 7 nitrogen and oxygen atoms in total. The molecular weight excluding hydrogens is 637 g/mol. The Bertz CT molecular complexity index is 1430. The van der Waals surface area contributed by atoms with Crippen LogP contribution in [0, 0.1) is 6.92 Å². The molecule has 11 heteroatoms. The highest BCUT2D eigenvalue weighted by Gasteiger charge is 2.32. The molecule has 0 saturated carbocycles. The molecule has 0 aromatic heterocycles. The highest BCUT2D eigenvalue weighted by atomic mass is 79.9. The Kier molecular flexibility index (Phi) is 11.5. The zero-order valence-electron chi connectivity index (χ0n) is 22.5. The zero-order chi connectivity index (χ0) is 29.4. The number of hydrogen-bond donors (Lipinski definition) is 1. The predicted molar refractivity (Wildman–Crippen MR) is 164 cm³/mol. The fourth-order valence-electron chi connectivity index (χ4n) is 4.00. The number of sulfonamides is 1. The van der Waals surface area contributed by atoms with E-state index in [1.165, 1.54) is 35.2 Å². The van der Waals surface area contributed by atoms with E-state index in [2.05, 4.69) is 21.2 Å². The van der Waals surface area contributed by atoms with Crippen molar-refractivity contribution in [3.63, 3.8) is 0 Å². The standard InChI is InChI=1S/C29H32BrCl2N3O4S/c1-4-5-13-33-29(37)21(3)34(18-22-7-6-8-23(30)14-22)28(36)19-35(26-16-24(31)15-25(32)17-26)40(38,39)27-11-9-20(2)10-12-27/h6-12,14-17,21H,4-5,13,18-19H2,1-3H3,(H,33,37). The van der Waals surface area contributed by atoms with Crippen LogP contribution in [0.15, 0.2) is 76.1 Å². The van der Waals surface area contributed by atoms with Crippen molar-refractivity contribution < 1.29 is 18.0 Å². The summed E-state index contributed by atoms with van der Waals surface area (Å²) in [6.07, 6.45) is 1.71. The van der Waals surface area contributed by atoms with Crippen LogP contribution in [0.25, 0.3) is 0 Å². The summed E-state index contributed by atoms with van der Waals surface area (Å²) in [6.45, 7) is 5.49. The molecule has 0 fully saturated rings. The van der Waals surface area contributed by atoms with E-state index in [0.717, 1.165) is 32.7 Å². The molecule has 0 aliphatic rings. The van der Waals surface area contributed by atoms with Crippen LogP contribution in [0.3, 0.4) is 0 Å². The van der Waals surface area contributed by atoms with Crippen molar-refractivity contribution in [1.82, 2.24) is 10.2 Å². The zero-order valence-corrected chi connectivity index (χ0v) is 26.4. The molecule has 3 aromatic carbocycles. The SMILES string of the molecule is CCCCNC(=O)C(C)N(Cc1cccc(Br)c1)C(=O)CN(c1cc(Cl)cc(Cl)c1)S(=O)(=O)c1ccc(C)cc1. The minimum atomic E-state index is -4.22. The number of carbonyl (C=O) groups is 2. The second-order valence-corrected chi connectivity index (χ2v) is 13.1. The van der Waals surface area contributed by atoms with Crippen molar-refractivity contribution in [1.29, 1.82) is 0 Å². The number of hydrogen-bond acceptors (Lipinski definition) is 4. The number of nitrogens with zero attached hydrogens (tertiary/aromatic N) is 2. The van der Waals surface area contributed by atoms with E-state index < -0.39 is 28.5 Å². The lowest BCUT2D eigenvalue weighted by molar-refractivity contribution is -0.139. The molecule has 0 bridgehead atoms. The largest absolute Gasteiger partial charge is 0.354 e. The summed E-state index contributed by atoms with van der Waals surface area (Å²) >= 11 is 15.9. The summed E-state index contributed by atoms with van der Waals surface area (Å²) in [7, 11) is -4.22. The molecule has 0 spiro atoms. The first-order valence-corrected chi connectivity index (χ1v) is 15.8. The van der Waals surface area contributed by atoms with Gasteiger partial charge < -0.3 is 10.2 Å². The maximum Gasteiger partial charge on any atom is 0.264 e. The number of anilines is 1. The van der Waals surface area contributed by atoms with Gasteiger partial charge in [0.15, 0.2) is 0 Å². The van der Waals surface area contributed by atoms with Gasteiger partial charge in [-0.05, 0) is 68.3 Å². The van der Waals surface area contributed by atoms with Crippen molar-refractivity contribution in [2.75, 3.05) is 17.4 Å². The van der Waals surface area contributed by atoms with Crippen LogP contribution in [0.2, 0.25) is 10.0 Å². The Labute approximate surface area is 254 Å². The first kappa shape index (κ1) is 31.9. The summed E-state index contributed by atoms with van der Waals surface area (Å²) in [4.78, 5) is 28.4. The van der Waals surface area contributed by atoms with Crippen molar-refractivity contribution in [2.45, 2.75) is 51.1 Å². The lowest BCUT2D eigenvalue weighted by Gasteiger charge is -2.32. The molecule has 1 N–H and O–H groups in total. The summed E-state index contributed by atoms with van der Waals surface area (Å²) in [6, 6.07) is 17.2. The average Bonchev–Trinajstić information content (AvgIpc) is 2.89. The van der Waals surface area contributed by atoms with Crippen molar-refractivity contribution in [3.05, 3.63) is 92.4 Å². The van der Waals surface area contributed by atoms with Crippen LogP contribution in [0.4, 0.5) is 5.69 Å². The number of carbonyl (C=O) groups excluding carboxylic acids is 2. The monoisotopic (exact) mass is 667 g/mol. The lowest BCUT2D eigenvalue weighted by atomic mass is 10.1. The fraction of sp³-hybridized carbons (Fsp3) is 0.310. The third kappa shape index (κ3) is 8.46. The van der Waals surface area contributed by atoms with Gasteiger partial charge in [0.25, 0.3) is 10.0 Å². The first-order valence-electron chi connectivity index (χ1n) is 12.8. The number of unbranched alkanes of at least 4 members (excludes halogenated alkanes) is 1. The lowest BCUT2D eigenvalue weighted by Crippen LogP contribution is -2.51. The van der Waals surface area contributed by atoms with Crippen molar-refractivity contribution in [3.8, 4) is 0 Å². The molecule has 0 radical (unpaired) electrons. The van der Waals surface area contributed by atoms with Gasteiger partial charge in [-0.1, -0.05) is 82.3 Å². The van der Waals surface area contributed by atoms with Gasteiger partial charge in [-0.25, -0.2) is 8.42 Å². The van der Waals surface area contributed by atoms with Gasteiger partial charge in [-0.15, -0.1) is 0 Å². The van der Waals surface area contributed by atoms with Crippen LogP contribution >= 0.6 is 39.1 Å². The molecular formula is C29H32BrCl2N3O4S. The topological polar surface area (TPSA) is 86.8 Å². The summed E-state index contributed by atoms with van der Waals surface area (Å²) in [5.41, 5.74) is 1.79. The van der Waals surface area contributed by atoms with Crippen LogP contribution in [-0.2, 0) is 26.2 Å². The quantitative estimate of drug-likeness (QED) is 0.221. The first-order chi connectivity index (χ1) is 18.9. The normalized spacial score (nSPS) is 12.1. The smallest absolute Gasteiger partial charge is 0.264 e. The van der Waals surface area contributed by atoms with Gasteiger partial charge >= 0.3 is 0 Å². The van der Waals surface area contributed by atoms with E-state index in [1.54, 1.807) is 19.1 Å². The maximum absolute atomic E-state index is 14.0. The molecule has 214 valence electrons. The molecule has 1 atom stereocenters. The second kappa shape index (κ2) is 14.3. The summed E-state index contributed by atoms with van der Waals surface area (Å²) in [5.74, 6) is -0.888. The summed E-state index contributed by atoms with van der Waals surface area (Å²) in [5, 5.41) is 3.30. The molecule has 0 heterocycles. The molecule has 3 rings (SSSR count). The molecule has 0 saturated heterocycles. The Morgan fingerprint density at radius 2 is 1.65 bits per heavy atom. The van der Waals surface area contributed by atoms with Gasteiger partial charge in [0.05, 0.1) is 10.6 Å². The minimum absolute atomic E-state index is 0.00546. The van der Waals surface area contributed by atoms with Gasteiger partial charge in [0, 0.05) is 27.6 Å². The fourth-order valence-corrected chi connectivity index (χ4v) is 6.36. The van der Waals surface area contributed by atoms with Gasteiger partial charge in [0.2, 0.25) is 11.8 Å². The molecule has 40 heavy (non-hydrogen) atoms. The molecule has 3 aromatic rings. The molecule has 1 unspecified atom stereocenters. The van der Waals surface area contributed by atoms with E-state index >= 15 is 0 Å². The third-order valence-corrected chi connectivity index (χ3v) is 8.98. The van der Waals surface area contributed by atoms with Crippen molar-refractivity contribution >= 4 is 66.7 Å².